The highest BCUT2D eigenvalue weighted by Crippen LogP contribution is 2.30. The van der Waals surface area contributed by atoms with Crippen LogP contribution in [-0.2, 0) is 24.1 Å². The van der Waals surface area contributed by atoms with E-state index in [1.807, 2.05) is 33.6 Å². The highest BCUT2D eigenvalue weighted by molar-refractivity contribution is 5.87. The number of carbonyl (C=O) groups excluding carboxylic acids is 1. The molecule has 0 aromatic carbocycles. The summed E-state index contributed by atoms with van der Waals surface area (Å²) < 4.78 is 40.5. The van der Waals surface area contributed by atoms with E-state index >= 15 is 0 Å². The molecule has 1 aliphatic heterocycles. The minimum absolute atomic E-state index is 0.00762. The third kappa shape index (κ3) is 5.70. The van der Waals surface area contributed by atoms with E-state index in [-0.39, 0.29) is 12.5 Å². The molecule has 12 heteroatoms. The second kappa shape index (κ2) is 10.2. The monoisotopic (exact) mass is 491 g/mol. The van der Waals surface area contributed by atoms with Gasteiger partial charge in [0.15, 0.2) is 0 Å². The van der Waals surface area contributed by atoms with Gasteiger partial charge in [0, 0.05) is 37.9 Å². The van der Waals surface area contributed by atoms with Crippen molar-refractivity contribution in [2.24, 2.45) is 11.7 Å². The standard InChI is InChI=1S/C23H28F3N7O2/c1-2-32(11-17-4-3-16(9-28-17)23(24,25)26)21-18-6-8-33(22(18)30-14-29-21)10-15-5-7-31(12-19(15)34)13-20(27)35/h3-4,6,8-9,14-15,19,34H,2,5,7,10-13H2,1H3,(H2,27,35)/t15-,19+/m1/s1. The van der Waals surface area contributed by atoms with Crippen LogP contribution < -0.4 is 10.6 Å². The number of carbonyl (C=O) groups is 1. The molecular weight excluding hydrogens is 463 g/mol. The van der Waals surface area contributed by atoms with Gasteiger partial charge in [0.1, 0.15) is 17.8 Å². The van der Waals surface area contributed by atoms with Crippen molar-refractivity contribution in [3.05, 3.63) is 48.2 Å². The van der Waals surface area contributed by atoms with E-state index in [4.69, 9.17) is 5.73 Å². The van der Waals surface area contributed by atoms with Crippen molar-refractivity contribution in [2.45, 2.75) is 38.7 Å². The average molecular weight is 492 g/mol. The van der Waals surface area contributed by atoms with Gasteiger partial charge in [-0.1, -0.05) is 0 Å². The van der Waals surface area contributed by atoms with Crippen LogP contribution in [0, 0.1) is 5.92 Å². The lowest BCUT2D eigenvalue weighted by Gasteiger charge is -2.35. The number of primary amides is 1. The molecule has 4 heterocycles. The fraction of sp³-hybridized carbons (Fsp3) is 0.478. The minimum atomic E-state index is -4.43. The normalized spacial score (nSPS) is 19.2. The molecule has 0 spiro atoms. The maximum atomic E-state index is 12.8. The molecule has 2 atom stereocenters. The number of halogens is 3. The number of aliphatic hydroxyl groups excluding tert-OH is 1. The van der Waals surface area contributed by atoms with E-state index in [0.717, 1.165) is 17.6 Å². The Kier molecular flexibility index (Phi) is 7.22. The molecule has 3 aromatic heterocycles. The molecule has 3 aromatic rings. The van der Waals surface area contributed by atoms with Gasteiger partial charge < -0.3 is 20.3 Å². The van der Waals surface area contributed by atoms with Gasteiger partial charge in [-0.3, -0.25) is 14.7 Å². The molecule has 9 nitrogen and oxygen atoms in total. The van der Waals surface area contributed by atoms with Crippen LogP contribution >= 0.6 is 0 Å². The predicted molar refractivity (Wildman–Crippen MR) is 123 cm³/mol. The molecular formula is C23H28F3N7O2. The van der Waals surface area contributed by atoms with Gasteiger partial charge in [0.25, 0.3) is 0 Å². The summed E-state index contributed by atoms with van der Waals surface area (Å²) >= 11 is 0. The average Bonchev–Trinajstić information content (AvgIpc) is 3.21. The maximum Gasteiger partial charge on any atom is 0.417 e. The Balaban J connectivity index is 1.50. The summed E-state index contributed by atoms with van der Waals surface area (Å²) in [5.41, 5.74) is 5.69. The number of hydrogen-bond acceptors (Lipinski definition) is 7. The molecule has 3 N–H and O–H groups in total. The van der Waals surface area contributed by atoms with Crippen molar-refractivity contribution >= 4 is 22.8 Å². The second-order valence-electron chi connectivity index (χ2n) is 8.77. The molecule has 0 radical (unpaired) electrons. The van der Waals surface area contributed by atoms with Crippen molar-refractivity contribution in [1.29, 1.82) is 0 Å². The molecule has 35 heavy (non-hydrogen) atoms. The summed E-state index contributed by atoms with van der Waals surface area (Å²) in [6.45, 7) is 4.54. The number of rotatable bonds is 8. The fourth-order valence-electron chi connectivity index (χ4n) is 4.48. The number of piperidine rings is 1. The van der Waals surface area contributed by atoms with E-state index in [1.165, 1.54) is 12.4 Å². The van der Waals surface area contributed by atoms with Crippen LogP contribution in [0.4, 0.5) is 19.0 Å². The Morgan fingerprint density at radius 3 is 2.69 bits per heavy atom. The number of nitrogens with two attached hydrogens (primary N) is 1. The van der Waals surface area contributed by atoms with Gasteiger partial charge >= 0.3 is 6.18 Å². The summed E-state index contributed by atoms with van der Waals surface area (Å²) in [6, 6.07) is 4.31. The summed E-state index contributed by atoms with van der Waals surface area (Å²) in [6.07, 6.45) is -0.107. The molecule has 0 saturated carbocycles. The molecule has 0 aliphatic carbocycles. The van der Waals surface area contributed by atoms with Crippen molar-refractivity contribution < 1.29 is 23.1 Å². The van der Waals surface area contributed by atoms with E-state index in [0.29, 0.717) is 56.3 Å². The Morgan fingerprint density at radius 2 is 2.06 bits per heavy atom. The number of aliphatic hydroxyl groups is 1. The van der Waals surface area contributed by atoms with Crippen LogP contribution in [0.3, 0.4) is 0 Å². The number of aromatic nitrogens is 4. The number of nitrogens with zero attached hydrogens (tertiary/aromatic N) is 6. The van der Waals surface area contributed by atoms with Gasteiger partial charge in [0.05, 0.1) is 35.8 Å². The third-order valence-electron chi connectivity index (χ3n) is 6.34. The summed E-state index contributed by atoms with van der Waals surface area (Å²) in [5, 5.41) is 11.4. The zero-order valence-electron chi connectivity index (χ0n) is 19.3. The zero-order valence-corrected chi connectivity index (χ0v) is 19.3. The topological polar surface area (TPSA) is 113 Å². The molecule has 4 rings (SSSR count). The van der Waals surface area contributed by atoms with Gasteiger partial charge in [-0.2, -0.15) is 13.2 Å². The molecule has 1 saturated heterocycles. The lowest BCUT2D eigenvalue weighted by molar-refractivity contribution is -0.137. The van der Waals surface area contributed by atoms with Crippen molar-refractivity contribution in [1.82, 2.24) is 24.4 Å². The maximum absolute atomic E-state index is 12.8. The SMILES string of the molecule is CCN(Cc1ccc(C(F)(F)F)cn1)c1ncnc2c1ccn2C[C@H]1CCN(CC(N)=O)C[C@@H]1O. The summed E-state index contributed by atoms with van der Waals surface area (Å²) in [5.74, 6) is 0.241. The van der Waals surface area contributed by atoms with E-state index < -0.39 is 23.8 Å². The minimum Gasteiger partial charge on any atom is -0.391 e. The first-order chi connectivity index (χ1) is 16.7. The molecule has 1 aliphatic rings. The molecule has 1 amide bonds. The van der Waals surface area contributed by atoms with Crippen LogP contribution in [0.15, 0.2) is 36.9 Å². The fourth-order valence-corrected chi connectivity index (χ4v) is 4.48. The largest absolute Gasteiger partial charge is 0.417 e. The van der Waals surface area contributed by atoms with Crippen LogP contribution in [-0.4, -0.2) is 67.7 Å². The van der Waals surface area contributed by atoms with Crippen molar-refractivity contribution in [2.75, 3.05) is 31.1 Å². The first kappa shape index (κ1) is 24.9. The zero-order chi connectivity index (χ0) is 25.2. The van der Waals surface area contributed by atoms with Crippen LogP contribution in [0.25, 0.3) is 11.0 Å². The number of fused-ring (bicyclic) bond motifs is 1. The van der Waals surface area contributed by atoms with Gasteiger partial charge in [-0.15, -0.1) is 0 Å². The Morgan fingerprint density at radius 1 is 1.26 bits per heavy atom. The van der Waals surface area contributed by atoms with E-state index in [1.54, 1.807) is 0 Å². The number of hydrogen-bond donors (Lipinski definition) is 2. The molecule has 188 valence electrons. The number of likely N-dealkylation sites (tertiary alicyclic amines) is 1. The first-order valence-corrected chi connectivity index (χ1v) is 11.4. The quantitative estimate of drug-likeness (QED) is 0.496. The van der Waals surface area contributed by atoms with Crippen molar-refractivity contribution in [3.8, 4) is 0 Å². The summed E-state index contributed by atoms with van der Waals surface area (Å²) in [4.78, 5) is 27.8. The van der Waals surface area contributed by atoms with Crippen LogP contribution in [0.5, 0.6) is 0 Å². The Hall–Kier alpha value is -3.25. The number of alkyl halides is 3. The summed E-state index contributed by atoms with van der Waals surface area (Å²) in [7, 11) is 0. The Labute approximate surface area is 200 Å². The molecule has 1 fully saturated rings. The number of anilines is 1. The highest BCUT2D eigenvalue weighted by Gasteiger charge is 2.31. The first-order valence-electron chi connectivity index (χ1n) is 11.4. The van der Waals surface area contributed by atoms with Crippen LogP contribution in [0.2, 0.25) is 0 Å². The van der Waals surface area contributed by atoms with E-state index in [9.17, 15) is 23.1 Å². The third-order valence-corrected chi connectivity index (χ3v) is 6.34. The van der Waals surface area contributed by atoms with Gasteiger partial charge in [-0.25, -0.2) is 9.97 Å². The number of amides is 1. The Bertz CT molecular complexity index is 1170. The van der Waals surface area contributed by atoms with E-state index in [2.05, 4.69) is 15.0 Å². The molecule has 0 bridgehead atoms. The lowest BCUT2D eigenvalue weighted by atomic mass is 9.93. The second-order valence-corrected chi connectivity index (χ2v) is 8.77. The highest BCUT2D eigenvalue weighted by atomic mass is 19.4. The predicted octanol–water partition coefficient (Wildman–Crippen LogP) is 2.04. The smallest absolute Gasteiger partial charge is 0.391 e. The lowest BCUT2D eigenvalue weighted by Crippen LogP contribution is -2.47. The molecule has 0 unspecified atom stereocenters. The van der Waals surface area contributed by atoms with Crippen LogP contribution in [0.1, 0.15) is 24.6 Å². The van der Waals surface area contributed by atoms with Gasteiger partial charge in [-0.05, 0) is 38.1 Å². The van der Waals surface area contributed by atoms with Gasteiger partial charge in [0.2, 0.25) is 5.91 Å². The number of pyridine rings is 1. The van der Waals surface area contributed by atoms with Crippen molar-refractivity contribution in [3.63, 3.8) is 0 Å². The number of β-amino-alcohol motifs (C(OH)–C–C–N with tert-alkyl or cyclic N) is 1.